The van der Waals surface area contributed by atoms with Crippen LogP contribution in [0.4, 0.5) is 0 Å². The zero-order valence-electron chi connectivity index (χ0n) is 13.6. The Kier molecular flexibility index (Phi) is 3.52. The minimum atomic E-state index is -0.479. The Bertz CT molecular complexity index is 777. The molecule has 1 aliphatic carbocycles. The second kappa shape index (κ2) is 5.27. The van der Waals surface area contributed by atoms with Crippen molar-refractivity contribution in [2.24, 2.45) is 11.1 Å². The summed E-state index contributed by atoms with van der Waals surface area (Å²) in [6.07, 6.45) is 4.62. The number of carbonyl (C=O) groups is 1. The highest BCUT2D eigenvalue weighted by atomic mass is 16.5. The molecular weight excluding hydrogens is 292 g/mol. The smallest absolute Gasteiger partial charge is 0.205 e. The third-order valence-corrected chi connectivity index (χ3v) is 4.39. The molecule has 2 N–H and O–H groups in total. The summed E-state index contributed by atoms with van der Waals surface area (Å²) in [5, 5.41) is 13.8. The summed E-state index contributed by atoms with van der Waals surface area (Å²) in [7, 11) is 0. The Morgan fingerprint density at radius 3 is 2.87 bits per heavy atom. The van der Waals surface area contributed by atoms with Crippen LogP contribution in [0.25, 0.3) is 0 Å². The summed E-state index contributed by atoms with van der Waals surface area (Å²) < 4.78 is 7.42. The standard InChI is InChI=1S/C17H20N4O2/c1-4-21-9-10(8-20-21)14-11(7-18)16(19)23-13-6-17(2,3)5-12(22)15(13)14/h8-9,14H,4-6,19H2,1-3H3/t14-/m0/s1. The molecule has 1 aromatic rings. The molecule has 0 saturated heterocycles. The summed E-state index contributed by atoms with van der Waals surface area (Å²) >= 11 is 0. The van der Waals surface area contributed by atoms with Crippen molar-refractivity contribution in [2.75, 3.05) is 0 Å². The lowest BCUT2D eigenvalue weighted by atomic mass is 9.70. The van der Waals surface area contributed by atoms with E-state index in [0.717, 1.165) is 12.1 Å². The highest BCUT2D eigenvalue weighted by Crippen LogP contribution is 2.47. The minimum absolute atomic E-state index is 0.0192. The number of ether oxygens (including phenoxy) is 1. The first-order valence-corrected chi connectivity index (χ1v) is 7.72. The van der Waals surface area contributed by atoms with Crippen LogP contribution in [0.1, 0.15) is 45.1 Å². The van der Waals surface area contributed by atoms with Gasteiger partial charge in [0.25, 0.3) is 0 Å². The average Bonchev–Trinajstić information content (AvgIpc) is 2.93. The maximum Gasteiger partial charge on any atom is 0.205 e. The number of nitrogens with two attached hydrogens (primary N) is 1. The Morgan fingerprint density at radius 1 is 1.52 bits per heavy atom. The lowest BCUT2D eigenvalue weighted by molar-refractivity contribution is -0.119. The molecule has 0 saturated carbocycles. The molecule has 0 fully saturated rings. The molecule has 1 aromatic heterocycles. The van der Waals surface area contributed by atoms with Gasteiger partial charge in [0.1, 0.15) is 17.4 Å². The van der Waals surface area contributed by atoms with Crippen LogP contribution in [0.3, 0.4) is 0 Å². The van der Waals surface area contributed by atoms with Crippen molar-refractivity contribution in [3.05, 3.63) is 40.7 Å². The van der Waals surface area contributed by atoms with E-state index in [1.807, 2.05) is 27.0 Å². The van der Waals surface area contributed by atoms with Gasteiger partial charge in [-0.3, -0.25) is 9.48 Å². The van der Waals surface area contributed by atoms with Crippen molar-refractivity contribution >= 4 is 5.78 Å². The summed E-state index contributed by atoms with van der Waals surface area (Å²) in [6, 6.07) is 2.11. The molecule has 0 bridgehead atoms. The largest absolute Gasteiger partial charge is 0.444 e. The van der Waals surface area contributed by atoms with Gasteiger partial charge in [0.2, 0.25) is 5.88 Å². The van der Waals surface area contributed by atoms with Gasteiger partial charge in [-0.25, -0.2) is 0 Å². The molecule has 0 spiro atoms. The minimum Gasteiger partial charge on any atom is -0.444 e. The van der Waals surface area contributed by atoms with Gasteiger partial charge in [0, 0.05) is 36.7 Å². The number of hydrogen-bond donors (Lipinski definition) is 1. The van der Waals surface area contributed by atoms with E-state index in [4.69, 9.17) is 10.5 Å². The number of hydrogen-bond acceptors (Lipinski definition) is 5. The van der Waals surface area contributed by atoms with Crippen molar-refractivity contribution in [2.45, 2.75) is 46.1 Å². The van der Waals surface area contributed by atoms with E-state index >= 15 is 0 Å². The monoisotopic (exact) mass is 312 g/mol. The number of ketones is 1. The normalized spacial score (nSPS) is 23.4. The van der Waals surface area contributed by atoms with Gasteiger partial charge >= 0.3 is 0 Å². The van der Waals surface area contributed by atoms with E-state index < -0.39 is 5.92 Å². The maximum absolute atomic E-state index is 12.7. The molecule has 23 heavy (non-hydrogen) atoms. The number of Topliss-reactive ketones (excluding diaryl/α,β-unsaturated/α-hetero) is 1. The van der Waals surface area contributed by atoms with Crippen LogP contribution < -0.4 is 5.73 Å². The first-order chi connectivity index (χ1) is 10.9. The highest BCUT2D eigenvalue weighted by Gasteiger charge is 2.43. The molecule has 2 heterocycles. The van der Waals surface area contributed by atoms with Gasteiger partial charge < -0.3 is 10.5 Å². The number of carbonyl (C=O) groups excluding carboxylic acids is 1. The molecule has 0 aromatic carbocycles. The average molecular weight is 312 g/mol. The molecule has 1 atom stereocenters. The van der Waals surface area contributed by atoms with Crippen LogP contribution in [0, 0.1) is 16.7 Å². The van der Waals surface area contributed by atoms with E-state index in [1.165, 1.54) is 0 Å². The predicted octanol–water partition coefficient (Wildman–Crippen LogP) is 2.35. The van der Waals surface area contributed by atoms with Crippen LogP contribution in [-0.4, -0.2) is 15.6 Å². The van der Waals surface area contributed by atoms with E-state index in [9.17, 15) is 10.1 Å². The van der Waals surface area contributed by atoms with E-state index in [-0.39, 0.29) is 22.7 Å². The van der Waals surface area contributed by atoms with Crippen molar-refractivity contribution in [1.82, 2.24) is 9.78 Å². The summed E-state index contributed by atoms with van der Waals surface area (Å²) in [5.41, 5.74) is 7.44. The molecular formula is C17H20N4O2. The second-order valence-corrected chi connectivity index (χ2v) is 6.83. The van der Waals surface area contributed by atoms with Gasteiger partial charge in [-0.1, -0.05) is 13.8 Å². The fraction of sp³-hybridized carbons (Fsp3) is 0.471. The number of aromatic nitrogens is 2. The lowest BCUT2D eigenvalue weighted by Gasteiger charge is -2.36. The van der Waals surface area contributed by atoms with Gasteiger partial charge in [-0.15, -0.1) is 0 Å². The van der Waals surface area contributed by atoms with Crippen LogP contribution in [0.5, 0.6) is 0 Å². The number of nitrogens with zero attached hydrogens (tertiary/aromatic N) is 3. The zero-order valence-corrected chi connectivity index (χ0v) is 13.6. The first kappa shape index (κ1) is 15.3. The summed E-state index contributed by atoms with van der Waals surface area (Å²) in [6.45, 7) is 6.76. The number of nitriles is 1. The fourth-order valence-corrected chi connectivity index (χ4v) is 3.32. The van der Waals surface area contributed by atoms with Crippen LogP contribution in [0.15, 0.2) is 35.2 Å². The second-order valence-electron chi connectivity index (χ2n) is 6.83. The van der Waals surface area contributed by atoms with Crippen LogP contribution in [-0.2, 0) is 16.1 Å². The van der Waals surface area contributed by atoms with E-state index in [1.54, 1.807) is 10.9 Å². The third kappa shape index (κ3) is 2.52. The lowest BCUT2D eigenvalue weighted by Crippen LogP contribution is -2.33. The SMILES string of the molecule is CCn1cc([C@H]2C(C#N)=C(N)OC3=C2C(=O)CC(C)(C)C3)cn1. The van der Waals surface area contributed by atoms with E-state index in [2.05, 4.69) is 11.2 Å². The number of aryl methyl sites for hydroxylation is 1. The van der Waals surface area contributed by atoms with Gasteiger partial charge in [-0.05, 0) is 12.3 Å². The van der Waals surface area contributed by atoms with Crippen molar-refractivity contribution in [3.63, 3.8) is 0 Å². The molecule has 0 unspecified atom stereocenters. The molecule has 1 aliphatic heterocycles. The molecule has 3 rings (SSSR count). The molecule has 0 amide bonds. The van der Waals surface area contributed by atoms with E-state index in [0.29, 0.717) is 24.2 Å². The highest BCUT2D eigenvalue weighted by molar-refractivity contribution is 6.00. The Labute approximate surface area is 135 Å². The van der Waals surface area contributed by atoms with Gasteiger partial charge in [0.15, 0.2) is 5.78 Å². The molecule has 0 radical (unpaired) electrons. The third-order valence-electron chi connectivity index (χ3n) is 4.39. The number of rotatable bonds is 2. The van der Waals surface area contributed by atoms with Crippen molar-refractivity contribution in [3.8, 4) is 6.07 Å². The van der Waals surface area contributed by atoms with Crippen molar-refractivity contribution < 1.29 is 9.53 Å². The Hall–Kier alpha value is -2.55. The first-order valence-electron chi connectivity index (χ1n) is 7.72. The molecule has 2 aliphatic rings. The summed E-state index contributed by atoms with van der Waals surface area (Å²) in [4.78, 5) is 12.7. The Morgan fingerprint density at radius 2 is 2.26 bits per heavy atom. The predicted molar refractivity (Wildman–Crippen MR) is 83.6 cm³/mol. The van der Waals surface area contributed by atoms with Gasteiger partial charge in [-0.2, -0.15) is 10.4 Å². The van der Waals surface area contributed by atoms with Crippen LogP contribution >= 0.6 is 0 Å². The quantitative estimate of drug-likeness (QED) is 0.904. The van der Waals surface area contributed by atoms with Crippen molar-refractivity contribution in [1.29, 1.82) is 5.26 Å². The van der Waals surface area contributed by atoms with Crippen LogP contribution in [0.2, 0.25) is 0 Å². The fourth-order valence-electron chi connectivity index (χ4n) is 3.32. The van der Waals surface area contributed by atoms with Gasteiger partial charge in [0.05, 0.1) is 12.1 Å². The topological polar surface area (TPSA) is 93.9 Å². The zero-order chi connectivity index (χ0) is 16.8. The maximum atomic E-state index is 12.7. The summed E-state index contributed by atoms with van der Waals surface area (Å²) in [5.74, 6) is 0.224. The molecule has 120 valence electrons. The Balaban J connectivity index is 2.15. The number of allylic oxidation sites excluding steroid dienone is 3. The molecule has 6 heteroatoms. The molecule has 6 nitrogen and oxygen atoms in total.